The second-order valence-electron chi connectivity index (χ2n) is 11.0. The summed E-state index contributed by atoms with van der Waals surface area (Å²) in [5, 5.41) is 19.0. The third-order valence-electron chi connectivity index (χ3n) is 8.11. The van der Waals surface area contributed by atoms with E-state index in [4.69, 9.17) is 23.9 Å². The summed E-state index contributed by atoms with van der Waals surface area (Å²) in [4.78, 5) is 16.9. The van der Waals surface area contributed by atoms with E-state index in [-0.39, 0.29) is 5.56 Å². The van der Waals surface area contributed by atoms with Gasteiger partial charge in [-0.3, -0.25) is 0 Å². The number of benzene rings is 2. The lowest BCUT2D eigenvalue weighted by Gasteiger charge is -2.27. The molecule has 43 heavy (non-hydrogen) atoms. The molecule has 0 fully saturated rings. The highest BCUT2D eigenvalue weighted by Crippen LogP contribution is 2.30. The second kappa shape index (κ2) is 13.7. The standard InChI is InChI=1S/C33H42N4O6/c1-8-9-14-28-34-29-26(19-32(2,40-4)41-5)35-36-27(20-33(3,42-6)43-7)30(29)37(28)21-22-15-17-23(18-16-22)24-12-10-11-13-25(24)31(38)39/h10-13,15-18H,8-9,14,19-21H2,1-7H3,(H,38,39). The Bertz CT molecular complexity index is 1540. The van der Waals surface area contributed by atoms with Crippen LogP contribution >= 0.6 is 0 Å². The topological polar surface area (TPSA) is 118 Å². The summed E-state index contributed by atoms with van der Waals surface area (Å²) in [6.07, 6.45) is 3.50. The monoisotopic (exact) mass is 590 g/mol. The van der Waals surface area contributed by atoms with Gasteiger partial charge in [0, 0.05) is 54.2 Å². The molecule has 0 unspecified atom stereocenters. The SMILES string of the molecule is CCCCc1nc2c(CC(C)(OC)OC)nnc(CC(C)(OC)OC)c2n1Cc1ccc(-c2ccccc2C(=O)O)cc1. The number of ether oxygens (including phenoxy) is 4. The van der Waals surface area contributed by atoms with Crippen LogP contribution in [0.15, 0.2) is 48.5 Å². The van der Waals surface area contributed by atoms with Gasteiger partial charge in [0.1, 0.15) is 11.3 Å². The number of carboxylic acid groups (broad SMARTS) is 1. The molecule has 2 aromatic heterocycles. The van der Waals surface area contributed by atoms with Crippen LogP contribution in [0.25, 0.3) is 22.2 Å². The minimum atomic E-state index is -0.952. The molecule has 0 bridgehead atoms. The van der Waals surface area contributed by atoms with Crippen molar-refractivity contribution in [3.05, 3.63) is 76.9 Å². The average molecular weight is 591 g/mol. The molecule has 0 saturated carbocycles. The van der Waals surface area contributed by atoms with Gasteiger partial charge < -0.3 is 28.6 Å². The molecule has 230 valence electrons. The van der Waals surface area contributed by atoms with Crippen molar-refractivity contribution in [1.82, 2.24) is 19.7 Å². The highest BCUT2D eigenvalue weighted by atomic mass is 16.7. The predicted molar refractivity (Wildman–Crippen MR) is 164 cm³/mol. The molecule has 2 heterocycles. The summed E-state index contributed by atoms with van der Waals surface area (Å²) in [6.45, 7) is 6.43. The summed E-state index contributed by atoms with van der Waals surface area (Å²) in [5.41, 5.74) is 5.83. The van der Waals surface area contributed by atoms with Gasteiger partial charge in [-0.05, 0) is 43.0 Å². The van der Waals surface area contributed by atoms with Crippen molar-refractivity contribution in [2.45, 2.75) is 71.0 Å². The number of imidazole rings is 1. The zero-order chi connectivity index (χ0) is 31.2. The first kappa shape index (κ1) is 32.2. The summed E-state index contributed by atoms with van der Waals surface area (Å²) in [6, 6.07) is 15.0. The van der Waals surface area contributed by atoms with Crippen molar-refractivity contribution in [1.29, 1.82) is 0 Å². The zero-order valence-electron chi connectivity index (χ0n) is 26.1. The molecule has 10 nitrogen and oxygen atoms in total. The van der Waals surface area contributed by atoms with E-state index in [0.717, 1.165) is 47.2 Å². The number of carbonyl (C=O) groups is 1. The number of hydrogen-bond acceptors (Lipinski definition) is 8. The van der Waals surface area contributed by atoms with Crippen LogP contribution in [-0.4, -0.2) is 70.8 Å². The van der Waals surface area contributed by atoms with Crippen molar-refractivity contribution in [3.63, 3.8) is 0 Å². The van der Waals surface area contributed by atoms with Crippen LogP contribution in [-0.2, 0) is 44.8 Å². The van der Waals surface area contributed by atoms with Crippen LogP contribution in [0, 0.1) is 0 Å². The van der Waals surface area contributed by atoms with Gasteiger partial charge in [-0.15, -0.1) is 0 Å². The minimum Gasteiger partial charge on any atom is -0.478 e. The molecular formula is C33H42N4O6. The van der Waals surface area contributed by atoms with E-state index in [2.05, 4.69) is 21.7 Å². The van der Waals surface area contributed by atoms with Crippen LogP contribution < -0.4 is 0 Å². The fourth-order valence-electron chi connectivity index (χ4n) is 5.10. The molecule has 0 aliphatic heterocycles. The Kier molecular flexibility index (Phi) is 10.3. The van der Waals surface area contributed by atoms with E-state index in [9.17, 15) is 9.90 Å². The molecular weight excluding hydrogens is 548 g/mol. The third-order valence-corrected chi connectivity index (χ3v) is 8.11. The van der Waals surface area contributed by atoms with Gasteiger partial charge in [0.15, 0.2) is 11.6 Å². The van der Waals surface area contributed by atoms with E-state index in [1.807, 2.05) is 50.2 Å². The normalized spacial score (nSPS) is 12.3. The summed E-state index contributed by atoms with van der Waals surface area (Å²) in [5.74, 6) is -1.82. The lowest BCUT2D eigenvalue weighted by Crippen LogP contribution is -2.34. The van der Waals surface area contributed by atoms with E-state index >= 15 is 0 Å². The second-order valence-corrected chi connectivity index (χ2v) is 11.0. The van der Waals surface area contributed by atoms with Crippen molar-refractivity contribution in [2.24, 2.45) is 0 Å². The van der Waals surface area contributed by atoms with Gasteiger partial charge in [0.25, 0.3) is 0 Å². The van der Waals surface area contributed by atoms with Gasteiger partial charge >= 0.3 is 5.97 Å². The Morgan fingerprint density at radius 2 is 1.44 bits per heavy atom. The van der Waals surface area contributed by atoms with E-state index < -0.39 is 17.5 Å². The summed E-state index contributed by atoms with van der Waals surface area (Å²) < 4.78 is 24.9. The molecule has 0 aliphatic rings. The minimum absolute atomic E-state index is 0.270. The number of methoxy groups -OCH3 is 4. The quantitative estimate of drug-likeness (QED) is 0.174. The first-order chi connectivity index (χ1) is 20.6. The molecule has 0 amide bonds. The Morgan fingerprint density at radius 3 is 2.02 bits per heavy atom. The molecule has 0 spiro atoms. The molecule has 10 heteroatoms. The van der Waals surface area contributed by atoms with Gasteiger partial charge in [-0.1, -0.05) is 55.8 Å². The van der Waals surface area contributed by atoms with E-state index in [1.54, 1.807) is 40.6 Å². The summed E-state index contributed by atoms with van der Waals surface area (Å²) >= 11 is 0. The van der Waals surface area contributed by atoms with Gasteiger partial charge in [0.2, 0.25) is 0 Å². The molecule has 1 N–H and O–H groups in total. The van der Waals surface area contributed by atoms with Crippen LogP contribution in [0.2, 0.25) is 0 Å². The number of nitrogens with zero attached hydrogens (tertiary/aromatic N) is 4. The fraction of sp³-hybridized carbons (Fsp3) is 0.455. The zero-order valence-corrected chi connectivity index (χ0v) is 26.1. The number of carboxylic acids is 1. The number of aromatic nitrogens is 4. The highest BCUT2D eigenvalue weighted by molar-refractivity contribution is 5.96. The fourth-order valence-corrected chi connectivity index (χ4v) is 5.10. The maximum atomic E-state index is 11.8. The number of aromatic carboxylic acids is 1. The number of hydrogen-bond donors (Lipinski definition) is 1. The van der Waals surface area contributed by atoms with Crippen LogP contribution in [0.5, 0.6) is 0 Å². The lowest BCUT2D eigenvalue weighted by atomic mass is 9.98. The molecule has 0 saturated heterocycles. The van der Waals surface area contributed by atoms with E-state index in [1.165, 1.54) is 0 Å². The molecule has 0 radical (unpaired) electrons. The number of aryl methyl sites for hydroxylation is 1. The smallest absolute Gasteiger partial charge is 0.336 e. The maximum Gasteiger partial charge on any atom is 0.336 e. The molecule has 4 rings (SSSR count). The van der Waals surface area contributed by atoms with Gasteiger partial charge in [-0.25, -0.2) is 9.78 Å². The maximum absolute atomic E-state index is 11.8. The van der Waals surface area contributed by atoms with Crippen molar-refractivity contribution >= 4 is 17.0 Å². The first-order valence-electron chi connectivity index (χ1n) is 14.5. The lowest BCUT2D eigenvalue weighted by molar-refractivity contribution is -0.193. The Morgan fingerprint density at radius 1 is 0.860 bits per heavy atom. The average Bonchev–Trinajstić information content (AvgIpc) is 3.39. The van der Waals surface area contributed by atoms with E-state index in [0.29, 0.717) is 36.3 Å². The van der Waals surface area contributed by atoms with Gasteiger partial charge in [0.05, 0.1) is 22.5 Å². The predicted octanol–water partition coefficient (Wildman–Crippen LogP) is 5.69. The molecule has 4 aromatic rings. The Balaban J connectivity index is 1.85. The highest BCUT2D eigenvalue weighted by Gasteiger charge is 2.31. The van der Waals surface area contributed by atoms with Crippen molar-refractivity contribution in [2.75, 3.05) is 28.4 Å². The number of rotatable bonds is 15. The van der Waals surface area contributed by atoms with Gasteiger partial charge in [-0.2, -0.15) is 10.2 Å². The van der Waals surface area contributed by atoms with Crippen LogP contribution in [0.4, 0.5) is 0 Å². The largest absolute Gasteiger partial charge is 0.478 e. The van der Waals surface area contributed by atoms with Crippen LogP contribution in [0.3, 0.4) is 0 Å². The van der Waals surface area contributed by atoms with Crippen molar-refractivity contribution < 1.29 is 28.8 Å². The number of unbranched alkanes of at least 4 members (excludes halogenated alkanes) is 1. The number of fused-ring (bicyclic) bond motifs is 1. The Labute approximate surface area is 253 Å². The van der Waals surface area contributed by atoms with Crippen molar-refractivity contribution in [3.8, 4) is 11.1 Å². The van der Waals surface area contributed by atoms with Crippen LogP contribution in [0.1, 0.15) is 66.7 Å². The molecule has 0 atom stereocenters. The Hall–Kier alpha value is -3.70. The molecule has 2 aromatic carbocycles. The third kappa shape index (κ3) is 7.10. The molecule has 0 aliphatic carbocycles. The summed E-state index contributed by atoms with van der Waals surface area (Å²) in [7, 11) is 6.43. The first-order valence-corrected chi connectivity index (χ1v) is 14.5.